The Balaban J connectivity index is 1.58. The Hall–Kier alpha value is -1.29. The standard InChI is InChI=1S/C13H15N5OS3/c1-2-19-6-3-5-14-12-17-18-13(22-12)21-11-10-9(4-7-20-10)15-8-16-11/h4,7-8H,2-3,5-6H2,1H3,(H,14,17). The molecule has 0 aromatic carbocycles. The summed E-state index contributed by atoms with van der Waals surface area (Å²) in [5, 5.41) is 15.4. The smallest absolute Gasteiger partial charge is 0.206 e. The monoisotopic (exact) mass is 353 g/mol. The Morgan fingerprint density at radius 3 is 3.18 bits per heavy atom. The first-order valence-corrected chi connectivity index (χ1v) is 9.39. The summed E-state index contributed by atoms with van der Waals surface area (Å²) in [5.41, 5.74) is 0.973. The highest BCUT2D eigenvalue weighted by atomic mass is 32.2. The highest BCUT2D eigenvalue weighted by molar-refractivity contribution is 8.01. The van der Waals surface area contributed by atoms with E-state index in [1.807, 2.05) is 18.4 Å². The van der Waals surface area contributed by atoms with E-state index in [0.29, 0.717) is 0 Å². The molecule has 0 atom stereocenters. The van der Waals surface area contributed by atoms with E-state index in [9.17, 15) is 0 Å². The average Bonchev–Trinajstić information content (AvgIpc) is 3.17. The number of nitrogens with one attached hydrogen (secondary N) is 1. The summed E-state index contributed by atoms with van der Waals surface area (Å²) in [7, 11) is 0. The molecule has 0 unspecified atom stereocenters. The first-order chi connectivity index (χ1) is 10.9. The minimum atomic E-state index is 0.760. The van der Waals surface area contributed by atoms with E-state index in [1.54, 1.807) is 17.7 Å². The van der Waals surface area contributed by atoms with Gasteiger partial charge in [0.15, 0.2) is 4.34 Å². The molecule has 0 aliphatic rings. The summed E-state index contributed by atoms with van der Waals surface area (Å²) in [6, 6.07) is 2.00. The van der Waals surface area contributed by atoms with Gasteiger partial charge in [0.25, 0.3) is 0 Å². The maximum absolute atomic E-state index is 5.30. The molecule has 9 heteroatoms. The summed E-state index contributed by atoms with van der Waals surface area (Å²) < 4.78 is 7.27. The number of aromatic nitrogens is 4. The fourth-order valence-electron chi connectivity index (χ4n) is 1.76. The van der Waals surface area contributed by atoms with E-state index in [4.69, 9.17) is 4.74 Å². The van der Waals surface area contributed by atoms with Crippen molar-refractivity contribution in [3.63, 3.8) is 0 Å². The molecule has 3 aromatic heterocycles. The third-order valence-electron chi connectivity index (χ3n) is 2.75. The van der Waals surface area contributed by atoms with E-state index < -0.39 is 0 Å². The lowest BCUT2D eigenvalue weighted by Crippen LogP contribution is -2.05. The number of ether oxygens (including phenoxy) is 1. The molecule has 3 aromatic rings. The van der Waals surface area contributed by atoms with Crippen LogP contribution in [-0.4, -0.2) is 39.9 Å². The molecule has 3 rings (SSSR count). The summed E-state index contributed by atoms with van der Waals surface area (Å²) in [5.74, 6) is 0. The Bertz CT molecular complexity index is 729. The summed E-state index contributed by atoms with van der Waals surface area (Å²) in [6.07, 6.45) is 2.54. The lowest BCUT2D eigenvalue weighted by molar-refractivity contribution is 0.147. The number of hydrogen-bond donors (Lipinski definition) is 1. The van der Waals surface area contributed by atoms with Crippen LogP contribution in [0, 0.1) is 0 Å². The Kier molecular flexibility index (Phi) is 5.54. The highest BCUT2D eigenvalue weighted by Crippen LogP contribution is 2.35. The van der Waals surface area contributed by atoms with Gasteiger partial charge in [-0.2, -0.15) is 0 Å². The van der Waals surface area contributed by atoms with Crippen molar-refractivity contribution in [3.8, 4) is 0 Å². The van der Waals surface area contributed by atoms with Crippen LogP contribution < -0.4 is 5.32 Å². The Labute approximate surface area is 140 Å². The van der Waals surface area contributed by atoms with E-state index in [2.05, 4.69) is 25.5 Å². The molecule has 0 fully saturated rings. The maximum atomic E-state index is 5.30. The highest BCUT2D eigenvalue weighted by Gasteiger charge is 2.11. The van der Waals surface area contributed by atoms with Gasteiger partial charge in [-0.15, -0.1) is 21.5 Å². The van der Waals surface area contributed by atoms with Crippen molar-refractivity contribution in [3.05, 3.63) is 17.8 Å². The number of nitrogens with zero attached hydrogens (tertiary/aromatic N) is 4. The van der Waals surface area contributed by atoms with Crippen molar-refractivity contribution < 1.29 is 4.74 Å². The molecule has 0 bridgehead atoms. The van der Waals surface area contributed by atoms with Gasteiger partial charge in [-0.05, 0) is 36.6 Å². The molecule has 0 amide bonds. The van der Waals surface area contributed by atoms with Gasteiger partial charge >= 0.3 is 0 Å². The molecule has 0 aliphatic heterocycles. The van der Waals surface area contributed by atoms with Crippen molar-refractivity contribution in [2.24, 2.45) is 0 Å². The minimum Gasteiger partial charge on any atom is -0.382 e. The molecule has 1 N–H and O–H groups in total. The van der Waals surface area contributed by atoms with Gasteiger partial charge in [-0.1, -0.05) is 11.3 Å². The first-order valence-electron chi connectivity index (χ1n) is 6.88. The van der Waals surface area contributed by atoms with Gasteiger partial charge < -0.3 is 10.1 Å². The summed E-state index contributed by atoms with van der Waals surface area (Å²) >= 11 is 4.71. The first kappa shape index (κ1) is 15.6. The number of hydrogen-bond acceptors (Lipinski definition) is 9. The minimum absolute atomic E-state index is 0.760. The normalized spacial score (nSPS) is 11.1. The molecule has 0 saturated carbocycles. The molecule has 0 radical (unpaired) electrons. The van der Waals surface area contributed by atoms with Gasteiger partial charge in [0, 0.05) is 19.8 Å². The number of anilines is 1. The second-order valence-corrected chi connectivity index (χ2v) is 7.40. The zero-order chi connectivity index (χ0) is 15.2. The van der Waals surface area contributed by atoms with Crippen LogP contribution in [-0.2, 0) is 4.74 Å². The van der Waals surface area contributed by atoms with Crippen LogP contribution in [0.3, 0.4) is 0 Å². The fraction of sp³-hybridized carbons (Fsp3) is 0.385. The number of rotatable bonds is 8. The largest absolute Gasteiger partial charge is 0.382 e. The van der Waals surface area contributed by atoms with Gasteiger partial charge in [0.05, 0.1) is 10.2 Å². The van der Waals surface area contributed by atoms with Crippen LogP contribution in [0.2, 0.25) is 0 Å². The van der Waals surface area contributed by atoms with E-state index >= 15 is 0 Å². The summed E-state index contributed by atoms with van der Waals surface area (Å²) in [4.78, 5) is 8.59. The van der Waals surface area contributed by atoms with E-state index in [-0.39, 0.29) is 0 Å². The third-order valence-corrected chi connectivity index (χ3v) is 5.72. The molecule has 0 spiro atoms. The molecular formula is C13H15N5OS3. The van der Waals surface area contributed by atoms with Gasteiger partial charge in [-0.3, -0.25) is 0 Å². The van der Waals surface area contributed by atoms with Crippen LogP contribution in [0.25, 0.3) is 10.2 Å². The average molecular weight is 353 g/mol. The SMILES string of the molecule is CCOCCCNc1nnc(Sc2ncnc3ccsc23)s1. The van der Waals surface area contributed by atoms with Crippen LogP contribution in [0.4, 0.5) is 5.13 Å². The van der Waals surface area contributed by atoms with Crippen molar-refractivity contribution >= 4 is 49.8 Å². The second kappa shape index (κ2) is 7.82. The lowest BCUT2D eigenvalue weighted by atomic mass is 10.4. The molecular weight excluding hydrogens is 338 g/mol. The van der Waals surface area contributed by atoms with Crippen molar-refractivity contribution in [1.29, 1.82) is 0 Å². The summed E-state index contributed by atoms with van der Waals surface area (Å²) in [6.45, 7) is 4.36. The lowest BCUT2D eigenvalue weighted by Gasteiger charge is -2.01. The van der Waals surface area contributed by atoms with Crippen molar-refractivity contribution in [2.75, 3.05) is 25.1 Å². The van der Waals surface area contributed by atoms with Gasteiger partial charge in [0.2, 0.25) is 5.13 Å². The van der Waals surface area contributed by atoms with Crippen molar-refractivity contribution in [1.82, 2.24) is 20.2 Å². The van der Waals surface area contributed by atoms with Crippen LogP contribution >= 0.6 is 34.4 Å². The number of thiophene rings is 1. The van der Waals surface area contributed by atoms with Crippen molar-refractivity contribution in [2.45, 2.75) is 22.7 Å². The maximum Gasteiger partial charge on any atom is 0.206 e. The predicted molar refractivity (Wildman–Crippen MR) is 91.0 cm³/mol. The number of fused-ring (bicyclic) bond motifs is 1. The van der Waals surface area contributed by atoms with Crippen LogP contribution in [0.1, 0.15) is 13.3 Å². The zero-order valence-corrected chi connectivity index (χ0v) is 14.4. The molecule has 6 nitrogen and oxygen atoms in total. The molecule has 0 aliphatic carbocycles. The molecule has 0 saturated heterocycles. The quantitative estimate of drug-likeness (QED) is 0.490. The topological polar surface area (TPSA) is 72.8 Å². The fourth-order valence-corrected chi connectivity index (χ4v) is 4.44. The van der Waals surface area contributed by atoms with Crippen LogP contribution in [0.15, 0.2) is 27.1 Å². The van der Waals surface area contributed by atoms with Gasteiger partial charge in [0.1, 0.15) is 11.4 Å². The van der Waals surface area contributed by atoms with E-state index in [0.717, 1.165) is 50.9 Å². The second-order valence-electron chi connectivity index (χ2n) is 4.27. The third kappa shape index (κ3) is 3.92. The zero-order valence-electron chi connectivity index (χ0n) is 12.0. The molecule has 116 valence electrons. The molecule has 3 heterocycles. The predicted octanol–water partition coefficient (Wildman–Crippen LogP) is 3.53. The van der Waals surface area contributed by atoms with E-state index in [1.165, 1.54) is 23.1 Å². The molecule has 22 heavy (non-hydrogen) atoms. The van der Waals surface area contributed by atoms with Crippen LogP contribution in [0.5, 0.6) is 0 Å². The Morgan fingerprint density at radius 2 is 2.27 bits per heavy atom. The van der Waals surface area contributed by atoms with Gasteiger partial charge in [-0.25, -0.2) is 9.97 Å². The Morgan fingerprint density at radius 1 is 1.32 bits per heavy atom.